The van der Waals surface area contributed by atoms with E-state index in [1.54, 1.807) is 26.0 Å². The van der Waals surface area contributed by atoms with Gasteiger partial charge in [-0.2, -0.15) is 0 Å². The highest BCUT2D eigenvalue weighted by Crippen LogP contribution is 2.15. The van der Waals surface area contributed by atoms with Gasteiger partial charge in [0.2, 0.25) is 15.9 Å². The van der Waals surface area contributed by atoms with Gasteiger partial charge in [-0.3, -0.25) is 4.79 Å². The first-order chi connectivity index (χ1) is 12.8. The van der Waals surface area contributed by atoms with Crippen molar-refractivity contribution in [1.29, 1.82) is 0 Å². The van der Waals surface area contributed by atoms with Crippen molar-refractivity contribution in [3.8, 4) is 5.75 Å². The third-order valence-electron chi connectivity index (χ3n) is 3.65. The summed E-state index contributed by atoms with van der Waals surface area (Å²) in [4.78, 5) is 12.2. The van der Waals surface area contributed by atoms with Crippen LogP contribution in [0.15, 0.2) is 53.4 Å². The van der Waals surface area contributed by atoms with E-state index < -0.39 is 10.0 Å². The van der Waals surface area contributed by atoms with Crippen LogP contribution in [0.5, 0.6) is 5.75 Å². The molecular formula is C20H26N2O4S. The monoisotopic (exact) mass is 390 g/mol. The van der Waals surface area contributed by atoms with Gasteiger partial charge in [0.1, 0.15) is 5.75 Å². The highest BCUT2D eigenvalue weighted by molar-refractivity contribution is 7.89. The van der Waals surface area contributed by atoms with E-state index >= 15 is 0 Å². The topological polar surface area (TPSA) is 84.5 Å². The normalized spacial score (nSPS) is 11.4. The lowest BCUT2D eigenvalue weighted by Crippen LogP contribution is -2.30. The van der Waals surface area contributed by atoms with Crippen LogP contribution in [0.25, 0.3) is 0 Å². The first-order valence-corrected chi connectivity index (χ1v) is 10.4. The van der Waals surface area contributed by atoms with Crippen LogP contribution in [0.1, 0.15) is 32.3 Å². The summed E-state index contributed by atoms with van der Waals surface area (Å²) < 4.78 is 32.3. The molecule has 0 bridgehead atoms. The molecule has 0 aliphatic carbocycles. The molecule has 146 valence electrons. The molecule has 0 spiro atoms. The highest BCUT2D eigenvalue weighted by Gasteiger charge is 2.15. The second-order valence-electron chi connectivity index (χ2n) is 6.62. The summed E-state index contributed by atoms with van der Waals surface area (Å²) in [6, 6.07) is 13.7. The van der Waals surface area contributed by atoms with Crippen LogP contribution < -0.4 is 14.8 Å². The van der Waals surface area contributed by atoms with Gasteiger partial charge in [-0.15, -0.1) is 0 Å². The van der Waals surface area contributed by atoms with E-state index in [1.807, 2.05) is 31.2 Å². The van der Waals surface area contributed by atoms with Crippen LogP contribution in [0, 0.1) is 6.92 Å². The molecule has 7 heteroatoms. The van der Waals surface area contributed by atoms with Gasteiger partial charge in [-0.25, -0.2) is 13.1 Å². The van der Waals surface area contributed by atoms with E-state index in [-0.39, 0.29) is 16.8 Å². The maximum Gasteiger partial charge on any atom is 0.240 e. The number of hydrogen-bond acceptors (Lipinski definition) is 4. The van der Waals surface area contributed by atoms with Gasteiger partial charge >= 0.3 is 0 Å². The second-order valence-corrected chi connectivity index (χ2v) is 8.33. The molecule has 1 amide bonds. The van der Waals surface area contributed by atoms with Gasteiger partial charge in [0.15, 0.2) is 0 Å². The Morgan fingerprint density at radius 3 is 2.44 bits per heavy atom. The van der Waals surface area contributed by atoms with Crippen LogP contribution in [0.2, 0.25) is 0 Å². The van der Waals surface area contributed by atoms with E-state index in [9.17, 15) is 13.2 Å². The first kappa shape index (κ1) is 20.9. The average Bonchev–Trinajstić information content (AvgIpc) is 2.58. The Hall–Kier alpha value is -2.38. The molecule has 0 saturated heterocycles. The Morgan fingerprint density at radius 1 is 1.11 bits per heavy atom. The minimum absolute atomic E-state index is 0.140. The smallest absolute Gasteiger partial charge is 0.240 e. The molecule has 0 radical (unpaired) electrons. The van der Waals surface area contributed by atoms with Crippen molar-refractivity contribution in [2.75, 3.05) is 11.9 Å². The lowest BCUT2D eigenvalue weighted by Gasteiger charge is -2.11. The van der Waals surface area contributed by atoms with Crippen molar-refractivity contribution in [2.24, 2.45) is 0 Å². The van der Waals surface area contributed by atoms with E-state index in [0.717, 1.165) is 11.3 Å². The zero-order chi connectivity index (χ0) is 19.9. The standard InChI is InChI=1S/C20H26N2O4S/c1-15(2)22-27(24,25)19-11-9-17(10-12-19)21-20(23)8-5-13-26-18-7-4-6-16(3)14-18/h4,6-7,9-12,14-15,22H,5,8,13H2,1-3H3,(H,21,23). The molecule has 0 aromatic heterocycles. The molecule has 0 aliphatic heterocycles. The van der Waals surface area contributed by atoms with E-state index in [2.05, 4.69) is 10.0 Å². The lowest BCUT2D eigenvalue weighted by atomic mass is 10.2. The first-order valence-electron chi connectivity index (χ1n) is 8.88. The quantitative estimate of drug-likeness (QED) is 0.642. The summed E-state index contributed by atoms with van der Waals surface area (Å²) in [5.74, 6) is 0.654. The van der Waals surface area contributed by atoms with Crippen molar-refractivity contribution in [2.45, 2.75) is 44.6 Å². The Morgan fingerprint density at radius 2 is 1.81 bits per heavy atom. The molecule has 2 aromatic carbocycles. The molecule has 2 rings (SSSR count). The van der Waals surface area contributed by atoms with Crippen molar-refractivity contribution < 1.29 is 17.9 Å². The number of nitrogens with one attached hydrogen (secondary N) is 2. The summed E-state index contributed by atoms with van der Waals surface area (Å²) in [5, 5.41) is 2.76. The van der Waals surface area contributed by atoms with Gasteiger partial charge < -0.3 is 10.1 Å². The van der Waals surface area contributed by atoms with E-state index in [0.29, 0.717) is 25.1 Å². The zero-order valence-electron chi connectivity index (χ0n) is 15.9. The minimum atomic E-state index is -3.53. The van der Waals surface area contributed by atoms with Gasteiger partial charge in [0.05, 0.1) is 11.5 Å². The third kappa shape index (κ3) is 7.03. The Kier molecular flexibility index (Phi) is 7.38. The number of hydrogen-bond donors (Lipinski definition) is 2. The summed E-state index contributed by atoms with van der Waals surface area (Å²) in [6.07, 6.45) is 0.908. The predicted octanol–water partition coefficient (Wildman–Crippen LogP) is 3.48. The van der Waals surface area contributed by atoms with Gasteiger partial charge in [-0.05, 0) is 69.2 Å². The maximum atomic E-state index is 12.1. The molecule has 0 unspecified atom stereocenters. The summed E-state index contributed by atoms with van der Waals surface area (Å²) >= 11 is 0. The molecule has 0 aliphatic rings. The van der Waals surface area contributed by atoms with Crippen LogP contribution >= 0.6 is 0 Å². The SMILES string of the molecule is Cc1cccc(OCCCC(=O)Nc2ccc(S(=O)(=O)NC(C)C)cc2)c1. The molecule has 2 aromatic rings. The van der Waals surface area contributed by atoms with Crippen LogP contribution in [0.4, 0.5) is 5.69 Å². The predicted molar refractivity (Wildman–Crippen MR) is 106 cm³/mol. The Balaban J connectivity index is 1.78. The summed E-state index contributed by atoms with van der Waals surface area (Å²) in [7, 11) is -3.53. The summed E-state index contributed by atoms with van der Waals surface area (Å²) in [6.45, 7) is 5.97. The summed E-state index contributed by atoms with van der Waals surface area (Å²) in [5.41, 5.74) is 1.68. The fraction of sp³-hybridized carbons (Fsp3) is 0.350. The van der Waals surface area contributed by atoms with Crippen molar-refractivity contribution in [3.63, 3.8) is 0 Å². The molecule has 0 atom stereocenters. The third-order valence-corrected chi connectivity index (χ3v) is 5.32. The Labute approximate surface area is 161 Å². The second kappa shape index (κ2) is 9.53. The van der Waals surface area contributed by atoms with Crippen molar-refractivity contribution >= 4 is 21.6 Å². The zero-order valence-corrected chi connectivity index (χ0v) is 16.7. The number of rotatable bonds is 9. The number of carbonyl (C=O) groups excluding carboxylic acids is 1. The van der Waals surface area contributed by atoms with E-state index in [4.69, 9.17) is 4.74 Å². The minimum Gasteiger partial charge on any atom is -0.494 e. The molecule has 0 saturated carbocycles. The van der Waals surface area contributed by atoms with Crippen LogP contribution in [-0.2, 0) is 14.8 Å². The van der Waals surface area contributed by atoms with Gasteiger partial charge in [0, 0.05) is 18.2 Å². The number of benzene rings is 2. The fourth-order valence-electron chi connectivity index (χ4n) is 2.45. The largest absolute Gasteiger partial charge is 0.494 e. The number of anilines is 1. The molecule has 2 N–H and O–H groups in total. The average molecular weight is 391 g/mol. The van der Waals surface area contributed by atoms with Crippen molar-refractivity contribution in [3.05, 3.63) is 54.1 Å². The molecule has 27 heavy (non-hydrogen) atoms. The van der Waals surface area contributed by atoms with Crippen LogP contribution in [-0.4, -0.2) is 27.0 Å². The highest BCUT2D eigenvalue weighted by atomic mass is 32.2. The van der Waals surface area contributed by atoms with Crippen molar-refractivity contribution in [1.82, 2.24) is 4.72 Å². The molecule has 6 nitrogen and oxygen atoms in total. The van der Waals surface area contributed by atoms with E-state index in [1.165, 1.54) is 12.1 Å². The maximum absolute atomic E-state index is 12.1. The van der Waals surface area contributed by atoms with Crippen LogP contribution in [0.3, 0.4) is 0 Å². The van der Waals surface area contributed by atoms with Gasteiger partial charge in [0.25, 0.3) is 0 Å². The molecular weight excluding hydrogens is 364 g/mol. The molecule has 0 fully saturated rings. The molecule has 0 heterocycles. The number of sulfonamides is 1. The number of amides is 1. The fourth-order valence-corrected chi connectivity index (χ4v) is 3.70. The number of aryl methyl sites for hydroxylation is 1. The Bertz CT molecular complexity index is 862. The van der Waals surface area contributed by atoms with Gasteiger partial charge in [-0.1, -0.05) is 12.1 Å². The number of carbonyl (C=O) groups is 1. The lowest BCUT2D eigenvalue weighted by molar-refractivity contribution is -0.116. The number of ether oxygens (including phenoxy) is 1.